The van der Waals surface area contributed by atoms with Crippen LogP contribution in [0.4, 0.5) is 0 Å². The van der Waals surface area contributed by atoms with Crippen molar-refractivity contribution in [2.75, 3.05) is 13.1 Å². The van der Waals surface area contributed by atoms with Gasteiger partial charge in [-0.1, -0.05) is 11.6 Å². The molecule has 0 spiro atoms. The molecule has 0 unspecified atom stereocenters. The molecular weight excluding hydrogens is 387 g/mol. The van der Waals surface area contributed by atoms with Gasteiger partial charge in [-0.05, 0) is 62.4 Å². The molecule has 0 aromatic carbocycles. The normalized spacial score (nSPS) is 18.2. The summed E-state index contributed by atoms with van der Waals surface area (Å²) >= 11 is 8.57. The van der Waals surface area contributed by atoms with Gasteiger partial charge >= 0.3 is 0 Å². The van der Waals surface area contributed by atoms with Gasteiger partial charge in [0.15, 0.2) is 0 Å². The third-order valence-electron chi connectivity index (χ3n) is 4.08. The average Bonchev–Trinajstić information content (AvgIpc) is 2.81. The summed E-state index contributed by atoms with van der Waals surface area (Å²) in [5, 5.41) is 1.51. The number of nitrogens with one attached hydrogen (secondary N) is 1. The lowest BCUT2D eigenvalue weighted by Crippen LogP contribution is -2.38. The molecule has 0 atom stereocenters. The highest BCUT2D eigenvalue weighted by Gasteiger charge is 2.25. The van der Waals surface area contributed by atoms with Crippen LogP contribution in [0, 0.1) is 3.57 Å². The number of H-pyrrole nitrogens is 1. The number of hydrogen-bond acceptors (Lipinski definition) is 3. The van der Waals surface area contributed by atoms with Gasteiger partial charge < -0.3 is 9.88 Å². The lowest BCUT2D eigenvalue weighted by molar-refractivity contribution is 0.169. The first-order valence-electron chi connectivity index (χ1n) is 7.00. The van der Waals surface area contributed by atoms with E-state index in [4.69, 9.17) is 11.6 Å². The summed E-state index contributed by atoms with van der Waals surface area (Å²) in [5.41, 5.74) is 0.857. The minimum atomic E-state index is 0.424. The van der Waals surface area contributed by atoms with Crippen molar-refractivity contribution in [3.63, 3.8) is 0 Å². The van der Waals surface area contributed by atoms with Crippen LogP contribution in [-0.4, -0.2) is 39.0 Å². The molecule has 0 aliphatic carbocycles. The fraction of sp³-hybridized carbons (Fsp3) is 0.571. The summed E-state index contributed by atoms with van der Waals surface area (Å²) < 4.78 is 1.07. The molecule has 1 aliphatic heterocycles. The molecule has 3 heterocycles. The Balaban J connectivity index is 1.85. The molecule has 3 rings (SSSR count). The maximum Gasteiger partial charge on any atom is 0.143 e. The molecule has 0 amide bonds. The van der Waals surface area contributed by atoms with Crippen LogP contribution < -0.4 is 0 Å². The van der Waals surface area contributed by atoms with Crippen molar-refractivity contribution in [3.05, 3.63) is 20.7 Å². The van der Waals surface area contributed by atoms with Gasteiger partial charge in [0.05, 0.1) is 5.39 Å². The minimum Gasteiger partial charge on any atom is -0.345 e. The Bertz CT molecular complexity index is 617. The predicted molar refractivity (Wildman–Crippen MR) is 90.3 cm³/mol. The number of piperidine rings is 1. The molecular formula is C14H18ClIN4. The average molecular weight is 405 g/mol. The van der Waals surface area contributed by atoms with E-state index in [-0.39, 0.29) is 0 Å². The van der Waals surface area contributed by atoms with Crippen molar-refractivity contribution in [1.82, 2.24) is 19.9 Å². The summed E-state index contributed by atoms with van der Waals surface area (Å²) in [6.07, 6.45) is 4.15. The fourth-order valence-corrected chi connectivity index (χ4v) is 3.93. The van der Waals surface area contributed by atoms with Gasteiger partial charge in [-0.2, -0.15) is 0 Å². The zero-order chi connectivity index (χ0) is 14.3. The fourth-order valence-electron chi connectivity index (χ4n) is 2.83. The molecule has 2 aromatic rings. The van der Waals surface area contributed by atoms with Crippen molar-refractivity contribution in [2.24, 2.45) is 0 Å². The van der Waals surface area contributed by atoms with Crippen molar-refractivity contribution >= 4 is 45.2 Å². The number of hydrogen-bond donors (Lipinski definition) is 1. The number of aromatic amines is 1. The summed E-state index contributed by atoms with van der Waals surface area (Å²) in [6, 6.07) is 0.618. The molecule has 20 heavy (non-hydrogen) atoms. The molecule has 1 fully saturated rings. The predicted octanol–water partition coefficient (Wildman–Crippen LogP) is 3.80. The van der Waals surface area contributed by atoms with Gasteiger partial charge in [-0.25, -0.2) is 9.97 Å². The van der Waals surface area contributed by atoms with Crippen LogP contribution in [0.5, 0.6) is 0 Å². The van der Waals surface area contributed by atoms with Crippen LogP contribution in [0.2, 0.25) is 5.15 Å². The van der Waals surface area contributed by atoms with Crippen molar-refractivity contribution in [1.29, 1.82) is 0 Å². The Morgan fingerprint density at radius 3 is 2.70 bits per heavy atom. The zero-order valence-corrected chi connectivity index (χ0v) is 14.6. The first-order valence-corrected chi connectivity index (χ1v) is 8.46. The number of aromatic nitrogens is 3. The van der Waals surface area contributed by atoms with E-state index in [1.54, 1.807) is 0 Å². The van der Waals surface area contributed by atoms with E-state index in [0.717, 1.165) is 46.4 Å². The molecule has 0 bridgehead atoms. The third-order valence-corrected chi connectivity index (χ3v) is 5.21. The molecule has 2 aromatic heterocycles. The SMILES string of the molecule is CC(C)N1CCC(c2nc(Cl)c3c(I)c[nH]c3n2)CC1. The van der Waals surface area contributed by atoms with Crippen LogP contribution in [0.1, 0.15) is 38.4 Å². The molecule has 0 saturated carbocycles. The molecule has 4 nitrogen and oxygen atoms in total. The minimum absolute atomic E-state index is 0.424. The van der Waals surface area contributed by atoms with Crippen LogP contribution >= 0.6 is 34.2 Å². The second kappa shape index (κ2) is 5.77. The quantitative estimate of drug-likeness (QED) is 0.611. The van der Waals surface area contributed by atoms with E-state index in [0.29, 0.717) is 17.1 Å². The molecule has 6 heteroatoms. The van der Waals surface area contributed by atoms with Gasteiger partial charge in [-0.3, -0.25) is 0 Å². The van der Waals surface area contributed by atoms with Gasteiger partial charge in [0.2, 0.25) is 0 Å². The van der Waals surface area contributed by atoms with E-state index < -0.39 is 0 Å². The van der Waals surface area contributed by atoms with Gasteiger partial charge in [0.25, 0.3) is 0 Å². The Hall–Kier alpha value is -0.400. The lowest BCUT2D eigenvalue weighted by atomic mass is 9.95. The van der Waals surface area contributed by atoms with E-state index in [2.05, 4.69) is 56.3 Å². The molecule has 0 radical (unpaired) electrons. The molecule has 1 aliphatic rings. The van der Waals surface area contributed by atoms with Crippen molar-refractivity contribution < 1.29 is 0 Å². The van der Waals surface area contributed by atoms with Crippen LogP contribution in [0.3, 0.4) is 0 Å². The second-order valence-corrected chi connectivity index (χ2v) is 7.16. The summed E-state index contributed by atoms with van der Waals surface area (Å²) in [4.78, 5) is 14.9. The first kappa shape index (κ1) is 14.5. The largest absolute Gasteiger partial charge is 0.345 e. The van der Waals surface area contributed by atoms with E-state index in [1.807, 2.05) is 6.20 Å². The maximum absolute atomic E-state index is 6.32. The topological polar surface area (TPSA) is 44.8 Å². The standard InChI is InChI=1S/C14H18ClIN4/c1-8(2)20-5-3-9(4-6-20)13-18-12(15)11-10(16)7-17-14(11)19-13/h7-9H,3-6H2,1-2H3,(H,17,18,19). The van der Waals surface area contributed by atoms with Crippen LogP contribution in [-0.2, 0) is 0 Å². The Morgan fingerprint density at radius 1 is 1.35 bits per heavy atom. The van der Waals surface area contributed by atoms with E-state index in [1.165, 1.54) is 0 Å². The molecule has 1 saturated heterocycles. The zero-order valence-electron chi connectivity index (χ0n) is 11.7. The molecule has 1 N–H and O–H groups in total. The van der Waals surface area contributed by atoms with E-state index >= 15 is 0 Å². The molecule has 108 valence electrons. The Kier molecular flexibility index (Phi) is 4.19. The van der Waals surface area contributed by atoms with Crippen LogP contribution in [0.15, 0.2) is 6.20 Å². The summed E-state index contributed by atoms with van der Waals surface area (Å²) in [6.45, 7) is 6.73. The van der Waals surface area contributed by atoms with Crippen molar-refractivity contribution in [2.45, 2.75) is 38.6 Å². The Morgan fingerprint density at radius 2 is 2.05 bits per heavy atom. The third kappa shape index (κ3) is 2.67. The number of likely N-dealkylation sites (tertiary alicyclic amines) is 1. The highest BCUT2D eigenvalue weighted by Crippen LogP contribution is 2.31. The lowest BCUT2D eigenvalue weighted by Gasteiger charge is -2.33. The van der Waals surface area contributed by atoms with Gasteiger partial charge in [0.1, 0.15) is 16.6 Å². The van der Waals surface area contributed by atoms with E-state index in [9.17, 15) is 0 Å². The maximum atomic E-state index is 6.32. The van der Waals surface area contributed by atoms with Gasteiger partial charge in [0, 0.05) is 21.7 Å². The first-order chi connectivity index (χ1) is 9.56. The smallest absolute Gasteiger partial charge is 0.143 e. The second-order valence-electron chi connectivity index (χ2n) is 5.64. The van der Waals surface area contributed by atoms with Crippen LogP contribution in [0.25, 0.3) is 11.0 Å². The highest BCUT2D eigenvalue weighted by atomic mass is 127. The number of nitrogens with zero attached hydrogens (tertiary/aromatic N) is 3. The van der Waals surface area contributed by atoms with Gasteiger partial charge in [-0.15, -0.1) is 0 Å². The number of fused-ring (bicyclic) bond motifs is 1. The monoisotopic (exact) mass is 404 g/mol. The summed E-state index contributed by atoms with van der Waals surface area (Å²) in [7, 11) is 0. The van der Waals surface area contributed by atoms with Crippen molar-refractivity contribution in [3.8, 4) is 0 Å². The number of rotatable bonds is 2. The summed E-state index contributed by atoms with van der Waals surface area (Å²) in [5.74, 6) is 1.32. The Labute approximate surface area is 137 Å². The number of halogens is 2. The highest BCUT2D eigenvalue weighted by molar-refractivity contribution is 14.1.